The highest BCUT2D eigenvalue weighted by molar-refractivity contribution is 5.68. The fourth-order valence-corrected chi connectivity index (χ4v) is 12.6. The normalized spacial score (nSPS) is 37.9. The molecule has 0 saturated heterocycles. The van der Waals surface area contributed by atoms with Gasteiger partial charge in [0.05, 0.1) is 6.04 Å². The van der Waals surface area contributed by atoms with Crippen LogP contribution in [0.3, 0.4) is 0 Å². The van der Waals surface area contributed by atoms with Gasteiger partial charge in [0.1, 0.15) is 0 Å². The smallest absolute Gasteiger partial charge is 0.0556 e. The second-order valence-corrected chi connectivity index (χ2v) is 16.3. The van der Waals surface area contributed by atoms with Crippen LogP contribution in [0.1, 0.15) is 57.8 Å². The monoisotopic (exact) mass is 649 g/mol. The van der Waals surface area contributed by atoms with Gasteiger partial charge in [0, 0.05) is 23.2 Å². The second kappa shape index (κ2) is 11.3. The maximum Gasteiger partial charge on any atom is 0.0556 e. The third kappa shape index (κ3) is 4.01. The standard InChI is InChI=1S/C49H47N/c1-3-15-34(16-4-1)50(35-17-5-2-6-18-35)36-19-11-14-32(30-36)33-28-29-37-40-22-12-26-45-47(40)48-41(42(37)31-33)23-13-27-46(48)49(45)43-24-9-7-20-38(43)39-21-8-10-25-44(39)49/h1,3-5,7-10,12-15,17-18,20-23,28-31,34,37,42-46H,2,6,11,16,19,24-27H2. The zero-order valence-electron chi connectivity index (χ0n) is 29.1. The number of fused-ring (bicyclic) bond motifs is 10. The summed E-state index contributed by atoms with van der Waals surface area (Å²) in [5, 5.41) is 0. The molecule has 0 radical (unpaired) electrons. The summed E-state index contributed by atoms with van der Waals surface area (Å²) >= 11 is 0. The van der Waals surface area contributed by atoms with Gasteiger partial charge in [-0.3, -0.25) is 0 Å². The SMILES string of the molecule is C1=CCC(N(C2=CCCC=C2)C2=CC(C3=CC4C5=C6C7=C(C=CCC7C7(C8CC=CC=C8C8=CC=CCC87)C6CC=C5)C4C=C3)=CCC2)C=C1. The highest BCUT2D eigenvalue weighted by Gasteiger charge is 2.68. The summed E-state index contributed by atoms with van der Waals surface area (Å²) in [6.45, 7) is 0. The number of allylic oxidation sites excluding steroid dienone is 29. The predicted molar refractivity (Wildman–Crippen MR) is 206 cm³/mol. The molecule has 50 heavy (non-hydrogen) atoms. The van der Waals surface area contributed by atoms with Gasteiger partial charge >= 0.3 is 0 Å². The van der Waals surface area contributed by atoms with Crippen molar-refractivity contribution in [2.75, 3.05) is 0 Å². The van der Waals surface area contributed by atoms with Gasteiger partial charge in [-0.15, -0.1) is 0 Å². The van der Waals surface area contributed by atoms with E-state index in [-0.39, 0.29) is 5.41 Å². The van der Waals surface area contributed by atoms with Crippen molar-refractivity contribution >= 4 is 0 Å². The Bertz CT molecular complexity index is 2040. The first-order valence-electron chi connectivity index (χ1n) is 19.7. The minimum atomic E-state index is 0.269. The summed E-state index contributed by atoms with van der Waals surface area (Å²) in [7, 11) is 0. The Morgan fingerprint density at radius 3 is 1.98 bits per heavy atom. The molecule has 0 N–H and O–H groups in total. The van der Waals surface area contributed by atoms with Crippen LogP contribution in [0, 0.1) is 40.9 Å². The molecule has 1 nitrogen and oxygen atoms in total. The summed E-state index contributed by atoms with van der Waals surface area (Å²) in [4.78, 5) is 2.65. The minimum absolute atomic E-state index is 0.269. The molecule has 7 unspecified atom stereocenters. The van der Waals surface area contributed by atoms with Gasteiger partial charge in [-0.2, -0.15) is 0 Å². The molecule has 11 rings (SSSR count). The summed E-state index contributed by atoms with van der Waals surface area (Å²) in [6.07, 6.45) is 64.4. The lowest BCUT2D eigenvalue weighted by Gasteiger charge is -2.47. The summed E-state index contributed by atoms with van der Waals surface area (Å²) in [5.41, 5.74) is 16.1. The lowest BCUT2D eigenvalue weighted by molar-refractivity contribution is 0.0532. The molecule has 1 heteroatoms. The Morgan fingerprint density at radius 2 is 1.28 bits per heavy atom. The van der Waals surface area contributed by atoms with Crippen LogP contribution in [0.4, 0.5) is 0 Å². The summed E-state index contributed by atoms with van der Waals surface area (Å²) in [5.74, 6) is 3.29. The third-order valence-corrected chi connectivity index (χ3v) is 14.2. The molecule has 0 amide bonds. The maximum atomic E-state index is 2.68. The van der Waals surface area contributed by atoms with E-state index in [0.29, 0.717) is 41.5 Å². The van der Waals surface area contributed by atoms with Gasteiger partial charge in [-0.1, -0.05) is 122 Å². The van der Waals surface area contributed by atoms with Crippen molar-refractivity contribution in [1.82, 2.24) is 4.90 Å². The highest BCUT2D eigenvalue weighted by atomic mass is 15.2. The quantitative estimate of drug-likeness (QED) is 0.293. The van der Waals surface area contributed by atoms with Crippen LogP contribution < -0.4 is 0 Å². The van der Waals surface area contributed by atoms with Gasteiger partial charge < -0.3 is 4.90 Å². The lowest BCUT2D eigenvalue weighted by Crippen LogP contribution is -2.43. The zero-order valence-corrected chi connectivity index (χ0v) is 29.1. The van der Waals surface area contributed by atoms with Crippen LogP contribution in [0.15, 0.2) is 190 Å². The Labute approximate surface area is 298 Å². The predicted octanol–water partition coefficient (Wildman–Crippen LogP) is 11.5. The first kappa shape index (κ1) is 29.4. The van der Waals surface area contributed by atoms with Crippen LogP contribution >= 0.6 is 0 Å². The van der Waals surface area contributed by atoms with Crippen molar-refractivity contribution in [3.05, 3.63) is 190 Å². The fraction of sp³-hybridized carbons (Fsp3) is 0.347. The number of hydrogen-bond acceptors (Lipinski definition) is 1. The fourth-order valence-electron chi connectivity index (χ4n) is 12.6. The molecule has 11 aliphatic rings. The van der Waals surface area contributed by atoms with E-state index < -0.39 is 0 Å². The Morgan fingerprint density at radius 1 is 0.560 bits per heavy atom. The van der Waals surface area contributed by atoms with Crippen molar-refractivity contribution in [1.29, 1.82) is 0 Å². The average molecular weight is 650 g/mol. The maximum absolute atomic E-state index is 2.68. The van der Waals surface area contributed by atoms with Crippen LogP contribution in [-0.4, -0.2) is 10.9 Å². The van der Waals surface area contributed by atoms with Crippen LogP contribution in [-0.2, 0) is 0 Å². The molecule has 0 aromatic carbocycles. The first-order chi connectivity index (χ1) is 24.8. The van der Waals surface area contributed by atoms with E-state index >= 15 is 0 Å². The summed E-state index contributed by atoms with van der Waals surface area (Å²) in [6, 6.07) is 0.376. The minimum Gasteiger partial charge on any atom is -0.338 e. The van der Waals surface area contributed by atoms with Crippen molar-refractivity contribution in [2.24, 2.45) is 40.9 Å². The molecule has 248 valence electrons. The number of rotatable bonds is 4. The van der Waals surface area contributed by atoms with Gasteiger partial charge in [0.15, 0.2) is 0 Å². The number of hydrogen-bond donors (Lipinski definition) is 0. The van der Waals surface area contributed by atoms with Crippen molar-refractivity contribution in [2.45, 2.75) is 63.8 Å². The molecular weight excluding hydrogens is 603 g/mol. The van der Waals surface area contributed by atoms with Crippen molar-refractivity contribution < 1.29 is 0 Å². The van der Waals surface area contributed by atoms with Gasteiger partial charge in [-0.25, -0.2) is 0 Å². The molecule has 7 atom stereocenters. The molecule has 11 aliphatic carbocycles. The zero-order chi connectivity index (χ0) is 32.8. The molecule has 0 aliphatic heterocycles. The molecule has 2 saturated carbocycles. The largest absolute Gasteiger partial charge is 0.338 e. The molecule has 0 aromatic rings. The lowest BCUT2D eigenvalue weighted by atomic mass is 9.56. The molecule has 0 bridgehead atoms. The molecule has 0 aromatic heterocycles. The molecule has 1 spiro atoms. The van der Waals surface area contributed by atoms with Gasteiger partial charge in [0.25, 0.3) is 0 Å². The highest BCUT2D eigenvalue weighted by Crippen LogP contribution is 2.76. The number of nitrogens with zero attached hydrogens (tertiary/aromatic N) is 1. The molecule has 2 fully saturated rings. The Kier molecular flexibility index (Phi) is 6.65. The van der Waals surface area contributed by atoms with E-state index in [1.165, 1.54) is 48.2 Å². The van der Waals surface area contributed by atoms with E-state index in [1.54, 1.807) is 33.4 Å². The van der Waals surface area contributed by atoms with Crippen molar-refractivity contribution in [3.63, 3.8) is 0 Å². The average Bonchev–Trinajstić information content (AvgIpc) is 3.67. The van der Waals surface area contributed by atoms with E-state index in [4.69, 9.17) is 0 Å². The van der Waals surface area contributed by atoms with E-state index in [2.05, 4.69) is 139 Å². The van der Waals surface area contributed by atoms with E-state index in [0.717, 1.165) is 32.1 Å². The Balaban J connectivity index is 1.00. The molecular formula is C49H47N. The topological polar surface area (TPSA) is 3.24 Å². The van der Waals surface area contributed by atoms with Gasteiger partial charge in [-0.05, 0) is 144 Å². The van der Waals surface area contributed by atoms with E-state index in [1.807, 2.05) is 0 Å². The van der Waals surface area contributed by atoms with Crippen molar-refractivity contribution in [3.8, 4) is 0 Å². The molecule has 0 heterocycles. The Hall–Kier alpha value is -4.36. The van der Waals surface area contributed by atoms with Gasteiger partial charge in [0.2, 0.25) is 0 Å². The van der Waals surface area contributed by atoms with Crippen LogP contribution in [0.2, 0.25) is 0 Å². The van der Waals surface area contributed by atoms with Crippen LogP contribution in [0.5, 0.6) is 0 Å². The first-order valence-corrected chi connectivity index (χ1v) is 19.7. The second-order valence-electron chi connectivity index (χ2n) is 16.3. The van der Waals surface area contributed by atoms with Crippen LogP contribution in [0.25, 0.3) is 0 Å². The summed E-state index contributed by atoms with van der Waals surface area (Å²) < 4.78 is 0. The third-order valence-electron chi connectivity index (χ3n) is 14.2. The van der Waals surface area contributed by atoms with E-state index in [9.17, 15) is 0 Å².